The minimum absolute atomic E-state index is 0.0447. The molecule has 0 spiro atoms. The zero-order chi connectivity index (χ0) is 26.5. The minimum atomic E-state index is -0.374. The molecule has 2 aromatic carbocycles. The Kier molecular flexibility index (Phi) is 8.41. The molecule has 4 rings (SSSR count). The number of methoxy groups -OCH3 is 1. The number of fused-ring (bicyclic) bond motifs is 1. The number of benzene rings is 2. The zero-order valence-corrected chi connectivity index (χ0v) is 21.7. The highest BCUT2D eigenvalue weighted by Gasteiger charge is 2.34. The van der Waals surface area contributed by atoms with Gasteiger partial charge < -0.3 is 19.5 Å². The summed E-state index contributed by atoms with van der Waals surface area (Å²) in [5.74, 6) is 0.387. The third-order valence-corrected chi connectivity index (χ3v) is 6.77. The number of nitrogens with zero attached hydrogens (tertiary/aromatic N) is 3. The molecule has 7 nitrogen and oxygen atoms in total. The SMILES string of the molecule is COc1ccccc1-c1cnc2c(c1)C(=O)N([C@H](C)CO)C[C@@H](C)[C@H](CN(C)Cc1cccc(F)c1)O2. The van der Waals surface area contributed by atoms with Crippen molar-refractivity contribution in [2.75, 3.05) is 33.9 Å². The highest BCUT2D eigenvalue weighted by Crippen LogP contribution is 2.34. The van der Waals surface area contributed by atoms with E-state index in [-0.39, 0.29) is 42.3 Å². The predicted molar refractivity (Wildman–Crippen MR) is 140 cm³/mol. The van der Waals surface area contributed by atoms with Crippen LogP contribution in [-0.2, 0) is 6.54 Å². The Labute approximate surface area is 217 Å². The quantitative estimate of drug-likeness (QED) is 0.492. The lowest BCUT2D eigenvalue weighted by Gasteiger charge is -2.37. The number of aliphatic hydroxyl groups is 1. The number of pyridine rings is 1. The van der Waals surface area contributed by atoms with Gasteiger partial charge in [-0.3, -0.25) is 9.69 Å². The van der Waals surface area contributed by atoms with Gasteiger partial charge in [-0.25, -0.2) is 9.37 Å². The molecule has 0 aliphatic carbocycles. The average molecular weight is 508 g/mol. The van der Waals surface area contributed by atoms with Crippen molar-refractivity contribution in [3.8, 4) is 22.8 Å². The Balaban J connectivity index is 1.67. The first kappa shape index (κ1) is 26.6. The van der Waals surface area contributed by atoms with Crippen molar-refractivity contribution in [2.24, 2.45) is 5.92 Å². The Morgan fingerprint density at radius 3 is 2.73 bits per heavy atom. The highest BCUT2D eigenvalue weighted by atomic mass is 19.1. The largest absolute Gasteiger partial charge is 0.496 e. The van der Waals surface area contributed by atoms with E-state index in [9.17, 15) is 14.3 Å². The van der Waals surface area contributed by atoms with Crippen molar-refractivity contribution in [3.63, 3.8) is 0 Å². The third kappa shape index (κ3) is 6.09. The summed E-state index contributed by atoms with van der Waals surface area (Å²) in [5.41, 5.74) is 2.76. The van der Waals surface area contributed by atoms with Gasteiger partial charge in [0.05, 0.1) is 19.8 Å². The molecular formula is C29H34FN3O4. The average Bonchev–Trinajstić information content (AvgIpc) is 2.90. The molecule has 0 bridgehead atoms. The first-order valence-corrected chi connectivity index (χ1v) is 12.5. The molecule has 3 aromatic rings. The van der Waals surface area contributed by atoms with Gasteiger partial charge in [0.1, 0.15) is 23.2 Å². The van der Waals surface area contributed by atoms with E-state index in [1.807, 2.05) is 51.2 Å². The number of carbonyl (C=O) groups excluding carboxylic acids is 1. The molecule has 37 heavy (non-hydrogen) atoms. The van der Waals surface area contributed by atoms with Crippen LogP contribution in [0.4, 0.5) is 4.39 Å². The number of hydrogen-bond donors (Lipinski definition) is 1. The summed E-state index contributed by atoms with van der Waals surface area (Å²) < 4.78 is 25.6. The van der Waals surface area contributed by atoms with Gasteiger partial charge in [0.2, 0.25) is 5.88 Å². The summed E-state index contributed by atoms with van der Waals surface area (Å²) in [6.07, 6.45) is 1.40. The van der Waals surface area contributed by atoms with Gasteiger partial charge in [-0.05, 0) is 43.8 Å². The van der Waals surface area contributed by atoms with Crippen LogP contribution in [0, 0.1) is 11.7 Å². The fourth-order valence-electron chi connectivity index (χ4n) is 4.67. The summed E-state index contributed by atoms with van der Waals surface area (Å²) >= 11 is 0. The van der Waals surface area contributed by atoms with Crippen LogP contribution in [0.25, 0.3) is 11.1 Å². The molecule has 0 saturated carbocycles. The lowest BCUT2D eigenvalue weighted by atomic mass is 9.99. The first-order chi connectivity index (χ1) is 17.8. The molecule has 1 aliphatic rings. The monoisotopic (exact) mass is 507 g/mol. The van der Waals surface area contributed by atoms with Crippen molar-refractivity contribution in [1.29, 1.82) is 0 Å². The van der Waals surface area contributed by atoms with Gasteiger partial charge in [0, 0.05) is 42.9 Å². The van der Waals surface area contributed by atoms with Crippen molar-refractivity contribution in [3.05, 3.63) is 77.7 Å². The molecule has 1 aromatic heterocycles. The minimum Gasteiger partial charge on any atom is -0.496 e. The fourth-order valence-corrected chi connectivity index (χ4v) is 4.67. The number of rotatable bonds is 8. The van der Waals surface area contributed by atoms with E-state index in [1.165, 1.54) is 12.1 Å². The lowest BCUT2D eigenvalue weighted by Crippen LogP contribution is -2.49. The smallest absolute Gasteiger partial charge is 0.259 e. The van der Waals surface area contributed by atoms with Crippen LogP contribution in [-0.4, -0.2) is 71.8 Å². The normalized spacial score (nSPS) is 18.6. The number of likely N-dealkylation sites (N-methyl/N-ethyl adjacent to an activating group) is 1. The topological polar surface area (TPSA) is 75.1 Å². The Morgan fingerprint density at radius 2 is 2.00 bits per heavy atom. The lowest BCUT2D eigenvalue weighted by molar-refractivity contribution is 0.0325. The van der Waals surface area contributed by atoms with Crippen molar-refractivity contribution in [1.82, 2.24) is 14.8 Å². The molecule has 0 saturated heterocycles. The molecule has 1 aliphatic heterocycles. The van der Waals surface area contributed by atoms with E-state index >= 15 is 0 Å². The van der Waals surface area contributed by atoms with Crippen LogP contribution in [0.5, 0.6) is 11.6 Å². The van der Waals surface area contributed by atoms with Crippen molar-refractivity contribution < 1.29 is 23.8 Å². The Hall–Kier alpha value is -3.49. The maximum Gasteiger partial charge on any atom is 0.259 e. The van der Waals surface area contributed by atoms with E-state index in [0.29, 0.717) is 30.9 Å². The summed E-state index contributed by atoms with van der Waals surface area (Å²) in [5, 5.41) is 9.90. The molecular weight excluding hydrogens is 473 g/mol. The number of aromatic nitrogens is 1. The summed E-state index contributed by atoms with van der Waals surface area (Å²) in [6.45, 7) is 5.21. The maximum atomic E-state index is 13.7. The van der Waals surface area contributed by atoms with E-state index in [4.69, 9.17) is 9.47 Å². The van der Waals surface area contributed by atoms with E-state index < -0.39 is 0 Å². The maximum absolute atomic E-state index is 13.7. The van der Waals surface area contributed by atoms with E-state index in [1.54, 1.807) is 30.3 Å². The predicted octanol–water partition coefficient (Wildman–Crippen LogP) is 4.25. The van der Waals surface area contributed by atoms with Crippen LogP contribution in [0.1, 0.15) is 29.8 Å². The zero-order valence-electron chi connectivity index (χ0n) is 21.7. The fraction of sp³-hybridized carbons (Fsp3) is 0.379. The molecule has 8 heteroatoms. The van der Waals surface area contributed by atoms with Gasteiger partial charge in [-0.1, -0.05) is 37.3 Å². The van der Waals surface area contributed by atoms with Crippen LogP contribution in [0.2, 0.25) is 0 Å². The second-order valence-corrected chi connectivity index (χ2v) is 9.73. The van der Waals surface area contributed by atoms with Crippen molar-refractivity contribution >= 4 is 5.91 Å². The highest BCUT2D eigenvalue weighted by molar-refractivity contribution is 5.98. The molecule has 0 radical (unpaired) electrons. The summed E-state index contributed by atoms with van der Waals surface area (Å²) in [7, 11) is 3.56. The van der Waals surface area contributed by atoms with Crippen LogP contribution in [0.15, 0.2) is 60.8 Å². The van der Waals surface area contributed by atoms with Crippen LogP contribution in [0.3, 0.4) is 0 Å². The molecule has 3 atom stereocenters. The summed E-state index contributed by atoms with van der Waals surface area (Å²) in [6, 6.07) is 15.5. The Bertz CT molecular complexity index is 1240. The third-order valence-electron chi connectivity index (χ3n) is 6.77. The number of halogens is 1. The van der Waals surface area contributed by atoms with E-state index in [2.05, 4.69) is 9.88 Å². The number of para-hydroxylation sites is 1. The molecule has 1 N–H and O–H groups in total. The van der Waals surface area contributed by atoms with Gasteiger partial charge in [0.15, 0.2) is 0 Å². The van der Waals surface area contributed by atoms with Crippen LogP contribution < -0.4 is 9.47 Å². The van der Waals surface area contributed by atoms with E-state index in [0.717, 1.165) is 16.7 Å². The molecule has 196 valence electrons. The standard InChI is InChI=1S/C29H34FN3O4/c1-19-15-33(20(2)18-34)29(35)25-13-22(24-10-5-6-11-26(24)36-4)14-31-28(25)37-27(19)17-32(3)16-21-8-7-9-23(30)12-21/h5-14,19-20,27,34H,15-18H2,1-4H3/t19-,20-,27+/m1/s1. The molecule has 2 heterocycles. The molecule has 0 unspecified atom stereocenters. The second-order valence-electron chi connectivity index (χ2n) is 9.73. The van der Waals surface area contributed by atoms with Gasteiger partial charge in [-0.2, -0.15) is 0 Å². The number of carbonyl (C=O) groups is 1. The molecule has 0 fully saturated rings. The number of hydrogen-bond acceptors (Lipinski definition) is 6. The number of amides is 1. The number of ether oxygens (including phenoxy) is 2. The molecule has 1 amide bonds. The van der Waals surface area contributed by atoms with Gasteiger partial charge in [0.25, 0.3) is 5.91 Å². The second kappa shape index (κ2) is 11.7. The van der Waals surface area contributed by atoms with Gasteiger partial charge in [-0.15, -0.1) is 0 Å². The van der Waals surface area contributed by atoms with Gasteiger partial charge >= 0.3 is 0 Å². The van der Waals surface area contributed by atoms with Crippen LogP contribution >= 0.6 is 0 Å². The van der Waals surface area contributed by atoms with Crippen molar-refractivity contribution in [2.45, 2.75) is 32.5 Å². The Morgan fingerprint density at radius 1 is 1.22 bits per heavy atom. The first-order valence-electron chi connectivity index (χ1n) is 12.5. The summed E-state index contributed by atoms with van der Waals surface area (Å²) in [4.78, 5) is 22.0. The number of aliphatic hydroxyl groups excluding tert-OH is 1.